The number of pyridine rings is 1. The van der Waals surface area contributed by atoms with Crippen molar-refractivity contribution in [3.8, 4) is 11.6 Å². The largest absolute Gasteiger partial charge is 0.454 e. The summed E-state index contributed by atoms with van der Waals surface area (Å²) in [6.07, 6.45) is 3.12. The van der Waals surface area contributed by atoms with E-state index in [1.165, 1.54) is 6.20 Å². The number of hydrogen-bond donors (Lipinski definition) is 0. The zero-order chi connectivity index (χ0) is 23.7. The summed E-state index contributed by atoms with van der Waals surface area (Å²) in [5.74, 6) is 0.958. The molecule has 9 nitrogen and oxygen atoms in total. The van der Waals surface area contributed by atoms with Crippen LogP contribution in [-0.2, 0) is 4.74 Å². The second-order valence-electron chi connectivity index (χ2n) is 8.11. The molecule has 0 unspecified atom stereocenters. The molecule has 9 heteroatoms. The molecule has 4 heterocycles. The van der Waals surface area contributed by atoms with E-state index < -0.39 is 5.97 Å². The highest BCUT2D eigenvalue weighted by atomic mass is 16.5. The summed E-state index contributed by atoms with van der Waals surface area (Å²) in [6, 6.07) is 9.02. The number of carbonyl (C=O) groups is 2. The van der Waals surface area contributed by atoms with Crippen molar-refractivity contribution in [3.63, 3.8) is 0 Å². The molecule has 0 saturated heterocycles. The van der Waals surface area contributed by atoms with Crippen molar-refractivity contribution in [1.29, 1.82) is 0 Å². The van der Waals surface area contributed by atoms with E-state index in [-0.39, 0.29) is 18.3 Å². The van der Waals surface area contributed by atoms with Gasteiger partial charge in [0, 0.05) is 29.2 Å². The van der Waals surface area contributed by atoms with Crippen LogP contribution in [0.15, 0.2) is 47.2 Å². The molecule has 0 N–H and O–H groups in total. The van der Waals surface area contributed by atoms with Gasteiger partial charge in [0.05, 0.1) is 11.9 Å². The summed E-state index contributed by atoms with van der Waals surface area (Å²) in [4.78, 5) is 30.0. The number of Topliss-reactive ketones (excluding diaryl/α,β-unsaturated/α-hetero) is 1. The third kappa shape index (κ3) is 4.21. The molecular weight excluding hydrogens is 422 g/mol. The van der Waals surface area contributed by atoms with Gasteiger partial charge in [-0.15, -0.1) is 0 Å². The number of nitrogens with zero attached hydrogens (tertiary/aromatic N) is 5. The van der Waals surface area contributed by atoms with Crippen molar-refractivity contribution in [2.24, 2.45) is 0 Å². The molecule has 0 aliphatic rings. The minimum atomic E-state index is -0.602. The average Bonchev–Trinajstić information content (AvgIpc) is 3.49. The highest BCUT2D eigenvalue weighted by Gasteiger charge is 2.24. The minimum Gasteiger partial charge on any atom is -0.454 e. The molecule has 0 aromatic carbocycles. The molecule has 0 saturated carbocycles. The highest BCUT2D eigenvalue weighted by molar-refractivity contribution is 6.00. The molecule has 0 bridgehead atoms. The van der Waals surface area contributed by atoms with Crippen molar-refractivity contribution in [2.75, 3.05) is 6.61 Å². The van der Waals surface area contributed by atoms with E-state index in [4.69, 9.17) is 9.26 Å². The molecule has 4 aromatic heterocycles. The third-order valence-electron chi connectivity index (χ3n) is 5.35. The fourth-order valence-electron chi connectivity index (χ4n) is 3.88. The number of aromatic nitrogens is 5. The predicted molar refractivity (Wildman–Crippen MR) is 120 cm³/mol. The molecule has 0 aliphatic heterocycles. The quantitative estimate of drug-likeness (QED) is 0.310. The van der Waals surface area contributed by atoms with Crippen LogP contribution in [-0.4, -0.2) is 42.8 Å². The first-order valence-corrected chi connectivity index (χ1v) is 10.6. The summed E-state index contributed by atoms with van der Waals surface area (Å²) in [5.41, 5.74) is 2.98. The Morgan fingerprint density at radius 3 is 2.52 bits per heavy atom. The molecule has 0 atom stereocenters. The molecule has 4 rings (SSSR count). The SMILES string of the molecule is Cc1cc(-n2c(C)cc(C(=O)COC(=O)c3cnn(-c4ccccn4)c3C(C)C)c2C)no1. The zero-order valence-corrected chi connectivity index (χ0v) is 19.2. The van der Waals surface area contributed by atoms with Crippen molar-refractivity contribution in [3.05, 3.63) is 76.7 Å². The Labute approximate surface area is 191 Å². The van der Waals surface area contributed by atoms with Gasteiger partial charge in [0.25, 0.3) is 0 Å². The van der Waals surface area contributed by atoms with Gasteiger partial charge in [0.15, 0.2) is 18.2 Å². The summed E-state index contributed by atoms with van der Waals surface area (Å²) < 4.78 is 14.0. The number of carbonyl (C=O) groups excluding carboxylic acids is 2. The van der Waals surface area contributed by atoms with E-state index in [0.29, 0.717) is 39.9 Å². The second kappa shape index (κ2) is 8.85. The number of hydrogen-bond acceptors (Lipinski definition) is 7. The number of rotatable bonds is 7. The Hall–Kier alpha value is -4.01. The molecular formula is C24H25N5O4. The lowest BCUT2D eigenvalue weighted by molar-refractivity contribution is 0.0473. The maximum Gasteiger partial charge on any atom is 0.342 e. The molecule has 0 spiro atoms. The van der Waals surface area contributed by atoms with Gasteiger partial charge in [-0.1, -0.05) is 25.1 Å². The maximum atomic E-state index is 12.9. The zero-order valence-electron chi connectivity index (χ0n) is 19.2. The Balaban J connectivity index is 1.53. The van der Waals surface area contributed by atoms with E-state index >= 15 is 0 Å². The first-order chi connectivity index (χ1) is 15.8. The number of esters is 1. The van der Waals surface area contributed by atoms with Crippen LogP contribution in [0.3, 0.4) is 0 Å². The van der Waals surface area contributed by atoms with Crippen LogP contribution in [0, 0.1) is 20.8 Å². The molecule has 0 radical (unpaired) electrons. The van der Waals surface area contributed by atoms with Crippen LogP contribution in [0.1, 0.15) is 63.3 Å². The molecule has 33 heavy (non-hydrogen) atoms. The third-order valence-corrected chi connectivity index (χ3v) is 5.35. The monoisotopic (exact) mass is 447 g/mol. The lowest BCUT2D eigenvalue weighted by Crippen LogP contribution is -2.17. The van der Waals surface area contributed by atoms with E-state index in [9.17, 15) is 9.59 Å². The summed E-state index contributed by atoms with van der Waals surface area (Å²) in [5, 5.41) is 8.35. The lowest BCUT2D eigenvalue weighted by atomic mass is 10.1. The summed E-state index contributed by atoms with van der Waals surface area (Å²) >= 11 is 0. The fraction of sp³-hybridized carbons (Fsp3) is 0.292. The predicted octanol–water partition coefficient (Wildman–Crippen LogP) is 4.13. The summed E-state index contributed by atoms with van der Waals surface area (Å²) in [6.45, 7) is 9.03. The van der Waals surface area contributed by atoms with Gasteiger partial charge in [-0.05, 0) is 44.9 Å². The first kappa shape index (κ1) is 22.2. The second-order valence-corrected chi connectivity index (χ2v) is 8.11. The fourth-order valence-corrected chi connectivity index (χ4v) is 3.88. The van der Waals surface area contributed by atoms with E-state index in [2.05, 4.69) is 15.2 Å². The lowest BCUT2D eigenvalue weighted by Gasteiger charge is -2.12. The van der Waals surface area contributed by atoms with Crippen LogP contribution in [0.25, 0.3) is 11.6 Å². The van der Waals surface area contributed by atoms with Crippen LogP contribution in [0.4, 0.5) is 0 Å². The maximum absolute atomic E-state index is 12.9. The first-order valence-electron chi connectivity index (χ1n) is 10.6. The topological polar surface area (TPSA) is 105 Å². The van der Waals surface area contributed by atoms with Crippen molar-refractivity contribution < 1.29 is 18.8 Å². The Kier molecular flexibility index (Phi) is 5.95. The smallest absolute Gasteiger partial charge is 0.342 e. The Bertz CT molecular complexity index is 1310. The van der Waals surface area contributed by atoms with Gasteiger partial charge in [-0.2, -0.15) is 5.10 Å². The number of ether oxygens (including phenoxy) is 1. The van der Waals surface area contributed by atoms with Gasteiger partial charge in [-0.25, -0.2) is 14.5 Å². The molecule has 4 aromatic rings. The van der Waals surface area contributed by atoms with Gasteiger partial charge in [-0.3, -0.25) is 9.36 Å². The number of ketones is 1. The van der Waals surface area contributed by atoms with Crippen molar-refractivity contribution in [2.45, 2.75) is 40.5 Å². The molecule has 170 valence electrons. The van der Waals surface area contributed by atoms with Gasteiger partial charge in [0.1, 0.15) is 11.3 Å². The molecule has 0 amide bonds. The van der Waals surface area contributed by atoms with E-state index in [0.717, 1.165) is 5.69 Å². The average molecular weight is 447 g/mol. The van der Waals surface area contributed by atoms with Gasteiger partial charge >= 0.3 is 5.97 Å². The minimum absolute atomic E-state index is 0.0161. The van der Waals surface area contributed by atoms with Crippen molar-refractivity contribution >= 4 is 11.8 Å². The van der Waals surface area contributed by atoms with Crippen LogP contribution in [0.2, 0.25) is 0 Å². The van der Waals surface area contributed by atoms with Gasteiger partial charge < -0.3 is 9.26 Å². The van der Waals surface area contributed by atoms with Crippen LogP contribution in [0.5, 0.6) is 0 Å². The number of aryl methyl sites for hydroxylation is 2. The van der Waals surface area contributed by atoms with E-state index in [1.807, 2.05) is 50.5 Å². The molecule has 0 aliphatic carbocycles. The van der Waals surface area contributed by atoms with Gasteiger partial charge in [0.2, 0.25) is 5.78 Å². The molecule has 0 fully saturated rings. The summed E-state index contributed by atoms with van der Waals surface area (Å²) in [7, 11) is 0. The Morgan fingerprint density at radius 2 is 1.88 bits per heavy atom. The Morgan fingerprint density at radius 1 is 1.09 bits per heavy atom. The van der Waals surface area contributed by atoms with Crippen molar-refractivity contribution in [1.82, 2.24) is 24.5 Å². The standard InChI is InChI=1S/C24H25N5O4/c1-14(2)23-19(12-26-29(23)21-8-6-7-9-25-21)24(31)32-13-20(30)18-10-15(3)28(17(18)5)22-11-16(4)33-27-22/h6-12,14H,13H2,1-5H3. The van der Waals surface area contributed by atoms with Crippen LogP contribution < -0.4 is 0 Å². The van der Waals surface area contributed by atoms with E-state index in [1.54, 1.807) is 29.9 Å². The highest BCUT2D eigenvalue weighted by Crippen LogP contribution is 2.24. The normalized spacial score (nSPS) is 11.2. The van der Waals surface area contributed by atoms with Crippen LogP contribution >= 0.6 is 0 Å².